The number of nitrogens with zero attached hydrogens (tertiary/aromatic N) is 1. The van der Waals surface area contributed by atoms with Gasteiger partial charge >= 0.3 is 5.69 Å². The molecule has 1 saturated heterocycles. The van der Waals surface area contributed by atoms with E-state index in [2.05, 4.69) is 4.98 Å². The summed E-state index contributed by atoms with van der Waals surface area (Å²) >= 11 is 0. The first kappa shape index (κ1) is 27.4. The average Bonchev–Trinajstić information content (AvgIpc) is 3.36. The molecule has 0 bridgehead atoms. The highest BCUT2D eigenvalue weighted by atomic mass is 16.6. The molecule has 9 nitrogen and oxygen atoms in total. The SMILES string of the molecule is COc1ccc(C(OC[C@H]2O[C@H](n3cc(C)c(=O)[nH]c3=O)C[C@H]2O)(c2ccccc2)c2ccc(OC)cc2)cc1. The third-order valence-corrected chi connectivity index (χ3v) is 7.30. The van der Waals surface area contributed by atoms with Crippen LogP contribution in [0.25, 0.3) is 0 Å². The van der Waals surface area contributed by atoms with Gasteiger partial charge in [0.05, 0.1) is 26.9 Å². The van der Waals surface area contributed by atoms with Gasteiger partial charge in [0.1, 0.15) is 29.4 Å². The molecule has 0 aliphatic carbocycles. The molecule has 1 fully saturated rings. The number of aliphatic hydroxyl groups excluding tert-OH is 1. The highest BCUT2D eigenvalue weighted by Crippen LogP contribution is 2.42. The van der Waals surface area contributed by atoms with Crippen LogP contribution in [0.4, 0.5) is 0 Å². The second-order valence-corrected chi connectivity index (χ2v) is 9.73. The first-order valence-electron chi connectivity index (χ1n) is 13.0. The Balaban J connectivity index is 1.54. The zero-order chi connectivity index (χ0) is 28.3. The van der Waals surface area contributed by atoms with Gasteiger partial charge in [0.25, 0.3) is 5.56 Å². The fourth-order valence-electron chi connectivity index (χ4n) is 5.12. The number of ether oxygens (including phenoxy) is 4. The molecule has 40 heavy (non-hydrogen) atoms. The normalized spacial score (nSPS) is 18.9. The van der Waals surface area contributed by atoms with Crippen molar-refractivity contribution in [2.45, 2.75) is 37.4 Å². The molecule has 4 aromatic rings. The number of hydrogen-bond donors (Lipinski definition) is 2. The second-order valence-electron chi connectivity index (χ2n) is 9.73. The van der Waals surface area contributed by atoms with Crippen molar-refractivity contribution in [3.8, 4) is 11.5 Å². The number of aryl methyl sites for hydroxylation is 1. The molecule has 1 aliphatic heterocycles. The fourth-order valence-corrected chi connectivity index (χ4v) is 5.12. The fraction of sp³-hybridized carbons (Fsp3) is 0.290. The van der Waals surface area contributed by atoms with Crippen molar-refractivity contribution >= 4 is 0 Å². The van der Waals surface area contributed by atoms with Crippen LogP contribution in [0.5, 0.6) is 11.5 Å². The van der Waals surface area contributed by atoms with Crippen molar-refractivity contribution in [2.75, 3.05) is 20.8 Å². The first-order chi connectivity index (χ1) is 19.3. The minimum Gasteiger partial charge on any atom is -0.497 e. The van der Waals surface area contributed by atoms with Crippen molar-refractivity contribution in [1.29, 1.82) is 0 Å². The van der Waals surface area contributed by atoms with Gasteiger partial charge in [-0.1, -0.05) is 54.6 Å². The summed E-state index contributed by atoms with van der Waals surface area (Å²) in [5.41, 5.74) is 0.825. The quantitative estimate of drug-likeness (QED) is 0.310. The lowest BCUT2D eigenvalue weighted by atomic mass is 9.80. The maximum Gasteiger partial charge on any atom is 0.330 e. The standard InChI is InChI=1S/C31H32N2O7/c1-20-18-33(30(36)32-29(20)35)28-17-26(34)27(40-28)19-39-31(21-7-5-4-6-8-21,22-9-13-24(37-2)14-10-22)23-11-15-25(38-3)16-12-23/h4-16,18,26-28,34H,17,19H2,1-3H3,(H,32,35,36)/t26-,27-,28+/m1/s1. The van der Waals surface area contributed by atoms with Crippen LogP contribution in [0, 0.1) is 6.92 Å². The van der Waals surface area contributed by atoms with Crippen LogP contribution in [0.2, 0.25) is 0 Å². The van der Waals surface area contributed by atoms with E-state index in [1.165, 1.54) is 10.8 Å². The molecule has 0 spiro atoms. The van der Waals surface area contributed by atoms with Gasteiger partial charge in [-0.15, -0.1) is 0 Å². The summed E-state index contributed by atoms with van der Waals surface area (Å²) in [5, 5.41) is 11.0. The Labute approximate surface area is 231 Å². The van der Waals surface area contributed by atoms with Crippen LogP contribution < -0.4 is 20.7 Å². The first-order valence-corrected chi connectivity index (χ1v) is 13.0. The van der Waals surface area contributed by atoms with Crippen LogP contribution in [-0.4, -0.2) is 47.7 Å². The van der Waals surface area contributed by atoms with E-state index >= 15 is 0 Å². The Hall–Kier alpha value is -4.18. The summed E-state index contributed by atoms with van der Waals surface area (Å²) in [4.78, 5) is 26.6. The average molecular weight is 545 g/mol. The highest BCUT2D eigenvalue weighted by Gasteiger charge is 2.42. The number of methoxy groups -OCH3 is 2. The number of aromatic amines is 1. The van der Waals surface area contributed by atoms with Crippen LogP contribution in [0.3, 0.4) is 0 Å². The molecular formula is C31H32N2O7. The van der Waals surface area contributed by atoms with E-state index in [0.717, 1.165) is 16.7 Å². The van der Waals surface area contributed by atoms with Crippen molar-refractivity contribution < 1.29 is 24.1 Å². The van der Waals surface area contributed by atoms with Crippen LogP contribution in [-0.2, 0) is 15.1 Å². The molecule has 208 valence electrons. The molecule has 0 unspecified atom stereocenters. The summed E-state index contributed by atoms with van der Waals surface area (Å²) in [6.07, 6.45) is -0.763. The van der Waals surface area contributed by atoms with Gasteiger partial charge < -0.3 is 24.1 Å². The number of H-pyrrole nitrogens is 1. The lowest BCUT2D eigenvalue weighted by Gasteiger charge is -2.37. The second kappa shape index (κ2) is 11.5. The van der Waals surface area contributed by atoms with Gasteiger partial charge in [0.15, 0.2) is 0 Å². The van der Waals surface area contributed by atoms with Gasteiger partial charge in [0, 0.05) is 18.2 Å². The molecular weight excluding hydrogens is 512 g/mol. The van der Waals surface area contributed by atoms with E-state index in [9.17, 15) is 14.7 Å². The molecule has 0 radical (unpaired) electrons. The Bertz CT molecular complexity index is 1500. The molecule has 0 saturated carbocycles. The Morgan fingerprint density at radius 2 is 1.45 bits per heavy atom. The molecule has 9 heteroatoms. The predicted octanol–water partition coefficient (Wildman–Crippen LogP) is 3.52. The third kappa shape index (κ3) is 5.19. The molecule has 2 N–H and O–H groups in total. The van der Waals surface area contributed by atoms with Crippen LogP contribution in [0.1, 0.15) is 34.9 Å². The van der Waals surface area contributed by atoms with E-state index < -0.39 is 35.3 Å². The smallest absolute Gasteiger partial charge is 0.330 e. The molecule has 0 amide bonds. The monoisotopic (exact) mass is 544 g/mol. The van der Waals surface area contributed by atoms with Crippen molar-refractivity contribution in [1.82, 2.24) is 9.55 Å². The largest absolute Gasteiger partial charge is 0.497 e. The molecule has 5 rings (SSSR count). The van der Waals surface area contributed by atoms with Gasteiger partial charge in [-0.05, 0) is 47.9 Å². The van der Waals surface area contributed by atoms with E-state index in [1.807, 2.05) is 78.9 Å². The van der Waals surface area contributed by atoms with Gasteiger partial charge in [-0.3, -0.25) is 14.3 Å². The molecule has 3 atom stereocenters. The third-order valence-electron chi connectivity index (χ3n) is 7.30. The molecule has 1 aromatic heterocycles. The van der Waals surface area contributed by atoms with Crippen molar-refractivity contribution in [2.24, 2.45) is 0 Å². The Morgan fingerprint density at radius 1 is 0.900 bits per heavy atom. The summed E-state index contributed by atoms with van der Waals surface area (Å²) < 4.78 is 25.1. The summed E-state index contributed by atoms with van der Waals surface area (Å²) in [5.74, 6) is 1.42. The number of aliphatic hydroxyl groups is 1. The number of benzene rings is 3. The predicted molar refractivity (Wildman–Crippen MR) is 149 cm³/mol. The zero-order valence-electron chi connectivity index (χ0n) is 22.6. The Kier molecular flexibility index (Phi) is 7.88. The number of hydrogen-bond acceptors (Lipinski definition) is 7. The summed E-state index contributed by atoms with van der Waals surface area (Å²) in [6, 6.07) is 25.1. The van der Waals surface area contributed by atoms with Crippen LogP contribution >= 0.6 is 0 Å². The van der Waals surface area contributed by atoms with Crippen molar-refractivity contribution in [3.05, 3.63) is 128 Å². The van der Waals surface area contributed by atoms with Gasteiger partial charge in [-0.25, -0.2) is 4.79 Å². The minimum absolute atomic E-state index is 0.0156. The molecule has 2 heterocycles. The van der Waals surface area contributed by atoms with E-state index in [0.29, 0.717) is 17.1 Å². The Morgan fingerprint density at radius 3 is 2.00 bits per heavy atom. The van der Waals surface area contributed by atoms with Crippen molar-refractivity contribution in [3.63, 3.8) is 0 Å². The minimum atomic E-state index is -1.08. The van der Waals surface area contributed by atoms with Crippen LogP contribution in [0.15, 0.2) is 94.6 Å². The summed E-state index contributed by atoms with van der Waals surface area (Å²) in [6.45, 7) is 1.63. The maximum absolute atomic E-state index is 12.5. The lowest BCUT2D eigenvalue weighted by Crippen LogP contribution is -2.38. The highest BCUT2D eigenvalue weighted by molar-refractivity contribution is 5.49. The maximum atomic E-state index is 12.5. The zero-order valence-corrected chi connectivity index (χ0v) is 22.6. The van der Waals surface area contributed by atoms with Gasteiger partial charge in [0.2, 0.25) is 0 Å². The molecule has 1 aliphatic rings. The summed E-state index contributed by atoms with van der Waals surface area (Å²) in [7, 11) is 3.23. The van der Waals surface area contributed by atoms with E-state index in [4.69, 9.17) is 18.9 Å². The lowest BCUT2D eigenvalue weighted by molar-refractivity contribution is -0.0944. The molecule has 3 aromatic carbocycles. The topological polar surface area (TPSA) is 112 Å². The number of nitrogens with one attached hydrogen (secondary N) is 1. The van der Waals surface area contributed by atoms with E-state index in [1.54, 1.807) is 21.1 Å². The number of rotatable bonds is 9. The van der Waals surface area contributed by atoms with Gasteiger partial charge in [-0.2, -0.15) is 0 Å². The number of aromatic nitrogens is 2. The van der Waals surface area contributed by atoms with E-state index in [-0.39, 0.29) is 13.0 Å².